The Morgan fingerprint density at radius 3 is 2.65 bits per heavy atom. The highest BCUT2D eigenvalue weighted by Crippen LogP contribution is 2.49. The second-order valence-electron chi connectivity index (χ2n) is 8.96. The minimum Gasteiger partial charge on any atom is -0.493 e. The quantitative estimate of drug-likeness (QED) is 0.485. The lowest BCUT2D eigenvalue weighted by Gasteiger charge is -2.45. The van der Waals surface area contributed by atoms with Crippen molar-refractivity contribution in [3.05, 3.63) is 57.9 Å². The van der Waals surface area contributed by atoms with E-state index in [-0.39, 0.29) is 28.9 Å². The number of halogens is 1. The van der Waals surface area contributed by atoms with Crippen molar-refractivity contribution >= 4 is 17.4 Å². The van der Waals surface area contributed by atoms with E-state index in [1.807, 2.05) is 6.07 Å². The minimum absolute atomic E-state index is 0.0604. The van der Waals surface area contributed by atoms with Gasteiger partial charge in [0.2, 0.25) is 0 Å². The SMILES string of the molecule is COc1ccc([C@@]23CC[C@@H](NC(=O)Nc4cc([N+](=O)[O-])ccc4F)C[C@@H]2N(C)CC3)cc1OC. The zero-order valence-electron chi connectivity index (χ0n) is 19.5. The van der Waals surface area contributed by atoms with E-state index in [0.717, 1.165) is 50.4 Å². The average molecular weight is 473 g/mol. The van der Waals surface area contributed by atoms with Crippen molar-refractivity contribution < 1.29 is 23.6 Å². The Labute approximate surface area is 197 Å². The van der Waals surface area contributed by atoms with Crippen molar-refractivity contribution in [2.45, 2.75) is 43.2 Å². The highest BCUT2D eigenvalue weighted by atomic mass is 19.1. The molecule has 0 aromatic heterocycles. The monoisotopic (exact) mass is 472 g/mol. The Bertz CT molecular complexity index is 1100. The smallest absolute Gasteiger partial charge is 0.319 e. The van der Waals surface area contributed by atoms with Crippen molar-refractivity contribution in [1.29, 1.82) is 0 Å². The highest BCUT2D eigenvalue weighted by molar-refractivity contribution is 5.90. The number of hydrogen-bond donors (Lipinski definition) is 2. The third kappa shape index (κ3) is 4.37. The van der Waals surface area contributed by atoms with Gasteiger partial charge in [0.25, 0.3) is 5.69 Å². The summed E-state index contributed by atoms with van der Waals surface area (Å²) in [5, 5.41) is 16.3. The van der Waals surface area contributed by atoms with E-state index in [4.69, 9.17) is 9.47 Å². The maximum Gasteiger partial charge on any atom is 0.319 e. The highest BCUT2D eigenvalue weighted by Gasteiger charge is 2.50. The van der Waals surface area contributed by atoms with Gasteiger partial charge >= 0.3 is 6.03 Å². The largest absolute Gasteiger partial charge is 0.493 e. The predicted octanol–water partition coefficient (Wildman–Crippen LogP) is 4.07. The molecular formula is C24H29FN4O5. The number of hydrogen-bond acceptors (Lipinski definition) is 6. The number of nitrogens with one attached hydrogen (secondary N) is 2. The number of amides is 2. The number of nitrogens with zero attached hydrogens (tertiary/aromatic N) is 2. The molecule has 34 heavy (non-hydrogen) atoms. The van der Waals surface area contributed by atoms with Crippen LogP contribution in [-0.2, 0) is 5.41 Å². The van der Waals surface area contributed by atoms with E-state index >= 15 is 0 Å². The molecule has 2 fully saturated rings. The number of anilines is 1. The summed E-state index contributed by atoms with van der Waals surface area (Å²) in [5.74, 6) is 0.652. The molecule has 10 heteroatoms. The van der Waals surface area contributed by atoms with Crippen LogP contribution >= 0.6 is 0 Å². The summed E-state index contributed by atoms with van der Waals surface area (Å²) in [4.78, 5) is 25.2. The van der Waals surface area contributed by atoms with Crippen molar-refractivity contribution in [1.82, 2.24) is 10.2 Å². The number of nitro benzene ring substituents is 1. The Morgan fingerprint density at radius 2 is 1.94 bits per heavy atom. The van der Waals surface area contributed by atoms with Gasteiger partial charge in [-0.2, -0.15) is 0 Å². The third-order valence-electron chi connectivity index (χ3n) is 7.23. The zero-order valence-corrected chi connectivity index (χ0v) is 19.5. The van der Waals surface area contributed by atoms with Crippen LogP contribution < -0.4 is 20.1 Å². The summed E-state index contributed by atoms with van der Waals surface area (Å²) < 4.78 is 25.0. The molecule has 2 N–H and O–H groups in total. The molecule has 2 aromatic carbocycles. The van der Waals surface area contributed by atoms with Crippen molar-refractivity contribution in [2.24, 2.45) is 0 Å². The minimum atomic E-state index is -0.729. The number of rotatable bonds is 6. The first-order valence-corrected chi connectivity index (χ1v) is 11.2. The predicted molar refractivity (Wildman–Crippen MR) is 125 cm³/mol. The summed E-state index contributed by atoms with van der Waals surface area (Å²) >= 11 is 0. The Morgan fingerprint density at radius 1 is 1.18 bits per heavy atom. The summed E-state index contributed by atoms with van der Waals surface area (Å²) in [6.45, 7) is 0.941. The van der Waals surface area contributed by atoms with Gasteiger partial charge in [0.15, 0.2) is 11.5 Å². The zero-order chi connectivity index (χ0) is 24.5. The van der Waals surface area contributed by atoms with Crippen LogP contribution in [0.5, 0.6) is 11.5 Å². The van der Waals surface area contributed by atoms with Crippen LogP contribution in [0.2, 0.25) is 0 Å². The topological polar surface area (TPSA) is 106 Å². The number of ether oxygens (including phenoxy) is 2. The second kappa shape index (κ2) is 9.46. The molecule has 2 amide bonds. The van der Waals surface area contributed by atoms with Crippen molar-refractivity contribution in [3.63, 3.8) is 0 Å². The number of carbonyl (C=O) groups is 1. The van der Waals surface area contributed by atoms with Crippen LogP contribution in [0.3, 0.4) is 0 Å². The maximum atomic E-state index is 14.1. The fourth-order valence-corrected chi connectivity index (χ4v) is 5.46. The molecule has 4 rings (SSSR count). The summed E-state index contributed by atoms with van der Waals surface area (Å²) in [6.07, 6.45) is 3.36. The molecule has 2 aromatic rings. The molecule has 0 spiro atoms. The molecule has 0 bridgehead atoms. The van der Waals surface area contributed by atoms with E-state index in [9.17, 15) is 19.3 Å². The van der Waals surface area contributed by atoms with E-state index in [1.165, 1.54) is 5.56 Å². The van der Waals surface area contributed by atoms with Gasteiger partial charge in [-0.3, -0.25) is 10.1 Å². The lowest BCUT2D eigenvalue weighted by Crippen LogP contribution is -2.52. The normalized spacial score (nSPS) is 24.2. The van der Waals surface area contributed by atoms with Gasteiger partial charge in [-0.1, -0.05) is 6.07 Å². The summed E-state index contributed by atoms with van der Waals surface area (Å²) in [6, 6.07) is 8.65. The van der Waals surface area contributed by atoms with Crippen molar-refractivity contribution in [2.75, 3.05) is 33.1 Å². The number of benzene rings is 2. The van der Waals surface area contributed by atoms with E-state index in [0.29, 0.717) is 11.5 Å². The van der Waals surface area contributed by atoms with Crippen LogP contribution in [0, 0.1) is 15.9 Å². The second-order valence-corrected chi connectivity index (χ2v) is 8.96. The number of nitro groups is 1. The summed E-state index contributed by atoms with van der Waals surface area (Å²) in [5.41, 5.74) is 0.623. The molecule has 182 valence electrons. The molecule has 0 unspecified atom stereocenters. The first kappa shape index (κ1) is 23.7. The molecule has 1 aliphatic carbocycles. The molecule has 1 saturated heterocycles. The van der Waals surface area contributed by atoms with Gasteiger partial charge in [-0.25, -0.2) is 9.18 Å². The molecule has 3 atom stereocenters. The molecule has 2 aliphatic rings. The number of fused-ring (bicyclic) bond motifs is 1. The molecule has 1 saturated carbocycles. The van der Waals surface area contributed by atoms with Gasteiger partial charge in [-0.15, -0.1) is 0 Å². The number of carbonyl (C=O) groups excluding carboxylic acids is 1. The molecule has 0 radical (unpaired) electrons. The number of urea groups is 1. The standard InChI is InChI=1S/C24H29FN4O5/c1-28-11-10-24(15-4-7-20(33-2)21(12-15)34-3)9-8-16(13-22(24)28)26-23(30)27-19-14-17(29(31)32)5-6-18(19)25/h4-7,12,14,16,22H,8-11,13H2,1-3H3,(H2,26,27,30)/t16-,22+,24+/m1/s1. The van der Waals surface area contributed by atoms with Gasteiger partial charge in [-0.05, 0) is 63.0 Å². The fraction of sp³-hybridized carbons (Fsp3) is 0.458. The van der Waals surface area contributed by atoms with Crippen LogP contribution in [0.25, 0.3) is 0 Å². The Kier molecular flexibility index (Phi) is 6.60. The van der Waals surface area contributed by atoms with Gasteiger partial charge in [0, 0.05) is 29.6 Å². The van der Waals surface area contributed by atoms with E-state index < -0.39 is 16.8 Å². The first-order chi connectivity index (χ1) is 16.3. The average Bonchev–Trinajstić information content (AvgIpc) is 3.16. The number of likely N-dealkylation sites (N-methyl/N-ethyl adjacent to an activating group) is 1. The third-order valence-corrected chi connectivity index (χ3v) is 7.23. The van der Waals surface area contributed by atoms with Gasteiger partial charge < -0.3 is 25.0 Å². The van der Waals surface area contributed by atoms with E-state index in [1.54, 1.807) is 14.2 Å². The van der Waals surface area contributed by atoms with Gasteiger partial charge in [0.1, 0.15) is 5.82 Å². The molecule has 9 nitrogen and oxygen atoms in total. The molecule has 1 aliphatic heterocycles. The number of likely N-dealkylation sites (tertiary alicyclic amines) is 1. The van der Waals surface area contributed by atoms with E-state index in [2.05, 4.69) is 34.7 Å². The summed E-state index contributed by atoms with van der Waals surface area (Å²) in [7, 11) is 5.33. The molecule has 1 heterocycles. The maximum absolute atomic E-state index is 14.1. The van der Waals surface area contributed by atoms with Crippen molar-refractivity contribution in [3.8, 4) is 11.5 Å². The fourth-order valence-electron chi connectivity index (χ4n) is 5.46. The lowest BCUT2D eigenvalue weighted by molar-refractivity contribution is -0.384. The number of non-ortho nitro benzene ring substituents is 1. The first-order valence-electron chi connectivity index (χ1n) is 11.2. The Hall–Kier alpha value is -3.40. The van der Waals surface area contributed by atoms with Crippen LogP contribution in [0.1, 0.15) is 31.2 Å². The van der Waals surface area contributed by atoms with Crippen LogP contribution in [0.15, 0.2) is 36.4 Å². The Balaban J connectivity index is 1.48. The lowest BCUT2D eigenvalue weighted by atomic mass is 9.65. The van der Waals surface area contributed by atoms with Crippen LogP contribution in [-0.4, -0.2) is 55.8 Å². The van der Waals surface area contributed by atoms with Crippen LogP contribution in [0.4, 0.5) is 20.6 Å². The number of methoxy groups -OCH3 is 2. The molecular weight excluding hydrogens is 443 g/mol. The van der Waals surface area contributed by atoms with Gasteiger partial charge in [0.05, 0.1) is 24.8 Å².